The van der Waals surface area contributed by atoms with Gasteiger partial charge in [0.2, 0.25) is 0 Å². The molecule has 94 valence electrons. The van der Waals surface area contributed by atoms with Gasteiger partial charge in [0.25, 0.3) is 0 Å². The maximum Gasteiger partial charge on any atom is 0.124 e. The monoisotopic (exact) mass is 252 g/mol. The summed E-state index contributed by atoms with van der Waals surface area (Å²) in [5.74, 6) is 0.107. The fraction of sp³-hybridized carbons (Fsp3) is 0.188. The zero-order chi connectivity index (χ0) is 13.2. The van der Waals surface area contributed by atoms with Crippen molar-refractivity contribution in [2.75, 3.05) is 5.32 Å². The molecule has 0 aliphatic heterocycles. The van der Waals surface area contributed by atoms with Crippen LogP contribution in [-0.2, 0) is 0 Å². The van der Waals surface area contributed by atoms with Gasteiger partial charge in [-0.25, -0.2) is 4.39 Å². The second-order valence-electron chi connectivity index (χ2n) is 4.81. The largest absolute Gasteiger partial charge is 0.381 e. The Kier molecular flexibility index (Phi) is 2.92. The Morgan fingerprint density at radius 1 is 1.16 bits per heavy atom. The van der Waals surface area contributed by atoms with E-state index in [4.69, 9.17) is 5.26 Å². The molecule has 2 nitrogen and oxygen atoms in total. The zero-order valence-corrected chi connectivity index (χ0v) is 10.3. The van der Waals surface area contributed by atoms with Crippen LogP contribution in [0.5, 0.6) is 0 Å². The molecule has 1 aliphatic rings. The van der Waals surface area contributed by atoms with E-state index < -0.39 is 0 Å². The molecule has 0 bridgehead atoms. The van der Waals surface area contributed by atoms with Gasteiger partial charge in [-0.15, -0.1) is 0 Å². The molecular formula is C16H13FN2. The van der Waals surface area contributed by atoms with Gasteiger partial charge >= 0.3 is 0 Å². The van der Waals surface area contributed by atoms with Crippen LogP contribution < -0.4 is 5.32 Å². The van der Waals surface area contributed by atoms with Gasteiger partial charge in [0.15, 0.2) is 0 Å². The van der Waals surface area contributed by atoms with Gasteiger partial charge in [-0.1, -0.05) is 30.3 Å². The number of anilines is 1. The lowest BCUT2D eigenvalue weighted by molar-refractivity contribution is 0.627. The Morgan fingerprint density at radius 3 is 2.68 bits per heavy atom. The maximum absolute atomic E-state index is 13.0. The standard InChI is InChI=1S/C16H13FN2/c17-13-6-7-15(12(8-13)10-18)19-16-9-14(16)11-4-2-1-3-5-11/h1-8,14,16,19H,9H2. The highest BCUT2D eigenvalue weighted by Gasteiger charge is 2.38. The fourth-order valence-electron chi connectivity index (χ4n) is 2.36. The minimum Gasteiger partial charge on any atom is -0.381 e. The average molecular weight is 252 g/mol. The highest BCUT2D eigenvalue weighted by Crippen LogP contribution is 2.43. The van der Waals surface area contributed by atoms with Crippen molar-refractivity contribution in [1.82, 2.24) is 0 Å². The Labute approximate surface area is 111 Å². The number of hydrogen-bond donors (Lipinski definition) is 1. The van der Waals surface area contributed by atoms with Gasteiger partial charge in [-0.05, 0) is 30.2 Å². The molecule has 2 unspecified atom stereocenters. The first-order valence-corrected chi connectivity index (χ1v) is 6.29. The first-order chi connectivity index (χ1) is 9.28. The van der Waals surface area contributed by atoms with Crippen LogP contribution in [0.25, 0.3) is 0 Å². The second-order valence-corrected chi connectivity index (χ2v) is 4.81. The Hall–Kier alpha value is -2.34. The SMILES string of the molecule is N#Cc1cc(F)ccc1NC1CC1c1ccccc1. The van der Waals surface area contributed by atoms with Crippen LogP contribution >= 0.6 is 0 Å². The molecule has 1 aliphatic carbocycles. The molecule has 19 heavy (non-hydrogen) atoms. The van der Waals surface area contributed by atoms with Gasteiger partial charge in [-0.2, -0.15) is 5.26 Å². The van der Waals surface area contributed by atoms with E-state index in [1.165, 1.54) is 17.7 Å². The average Bonchev–Trinajstić information content (AvgIpc) is 3.21. The number of nitrogens with one attached hydrogen (secondary N) is 1. The lowest BCUT2D eigenvalue weighted by Crippen LogP contribution is -2.05. The Morgan fingerprint density at radius 2 is 1.95 bits per heavy atom. The molecule has 0 saturated heterocycles. The number of nitriles is 1. The molecule has 1 saturated carbocycles. The number of nitrogens with zero attached hydrogens (tertiary/aromatic N) is 1. The van der Waals surface area contributed by atoms with E-state index >= 15 is 0 Å². The first-order valence-electron chi connectivity index (χ1n) is 6.29. The van der Waals surface area contributed by atoms with Crippen molar-refractivity contribution in [2.24, 2.45) is 0 Å². The summed E-state index contributed by atoms with van der Waals surface area (Å²) in [5, 5.41) is 12.3. The fourth-order valence-corrected chi connectivity index (χ4v) is 2.36. The van der Waals surface area contributed by atoms with E-state index in [2.05, 4.69) is 17.4 Å². The molecule has 2 aromatic rings. The summed E-state index contributed by atoms with van der Waals surface area (Å²) in [5.41, 5.74) is 2.38. The molecule has 2 atom stereocenters. The summed E-state index contributed by atoms with van der Waals surface area (Å²) in [6.07, 6.45) is 1.05. The Bertz CT molecular complexity index is 631. The predicted octanol–water partition coefficient (Wildman–Crippen LogP) is 3.67. The van der Waals surface area contributed by atoms with Crippen LogP contribution in [0.2, 0.25) is 0 Å². The lowest BCUT2D eigenvalue weighted by atomic mass is 10.1. The van der Waals surface area contributed by atoms with E-state index in [0.717, 1.165) is 6.42 Å². The van der Waals surface area contributed by atoms with Crippen molar-refractivity contribution in [2.45, 2.75) is 18.4 Å². The third-order valence-electron chi connectivity index (χ3n) is 3.46. The van der Waals surface area contributed by atoms with Crippen molar-refractivity contribution in [3.05, 3.63) is 65.5 Å². The molecule has 1 N–H and O–H groups in total. The van der Waals surface area contributed by atoms with Crippen LogP contribution in [0, 0.1) is 17.1 Å². The van der Waals surface area contributed by atoms with E-state index in [0.29, 0.717) is 23.2 Å². The molecule has 0 radical (unpaired) electrons. The van der Waals surface area contributed by atoms with Crippen molar-refractivity contribution in [1.29, 1.82) is 5.26 Å². The lowest BCUT2D eigenvalue weighted by Gasteiger charge is -2.08. The van der Waals surface area contributed by atoms with Gasteiger partial charge in [-0.3, -0.25) is 0 Å². The van der Waals surface area contributed by atoms with Gasteiger partial charge in [0, 0.05) is 12.0 Å². The summed E-state index contributed by atoms with van der Waals surface area (Å²) in [6.45, 7) is 0. The quantitative estimate of drug-likeness (QED) is 0.904. The van der Waals surface area contributed by atoms with Crippen LogP contribution in [0.4, 0.5) is 10.1 Å². The van der Waals surface area contributed by atoms with Gasteiger partial charge < -0.3 is 5.32 Å². The van der Waals surface area contributed by atoms with Crippen molar-refractivity contribution < 1.29 is 4.39 Å². The summed E-state index contributed by atoms with van der Waals surface area (Å²) in [6, 6.07) is 16.9. The number of benzene rings is 2. The molecule has 3 heteroatoms. The summed E-state index contributed by atoms with van der Waals surface area (Å²) in [7, 11) is 0. The highest BCUT2D eigenvalue weighted by molar-refractivity contribution is 5.59. The van der Waals surface area contributed by atoms with Crippen molar-refractivity contribution >= 4 is 5.69 Å². The molecular weight excluding hydrogens is 239 g/mol. The number of rotatable bonds is 3. The summed E-state index contributed by atoms with van der Waals surface area (Å²) in [4.78, 5) is 0. The molecule has 0 amide bonds. The Balaban J connectivity index is 1.73. The highest BCUT2D eigenvalue weighted by atomic mass is 19.1. The molecule has 3 rings (SSSR count). The van der Waals surface area contributed by atoms with Crippen LogP contribution in [0.1, 0.15) is 23.5 Å². The topological polar surface area (TPSA) is 35.8 Å². The van der Waals surface area contributed by atoms with Crippen molar-refractivity contribution in [3.63, 3.8) is 0 Å². The van der Waals surface area contributed by atoms with Gasteiger partial charge in [0.1, 0.15) is 11.9 Å². The number of halogens is 1. The van der Waals surface area contributed by atoms with Crippen LogP contribution in [0.15, 0.2) is 48.5 Å². The van der Waals surface area contributed by atoms with Gasteiger partial charge in [0.05, 0.1) is 11.3 Å². The third-order valence-corrected chi connectivity index (χ3v) is 3.46. The predicted molar refractivity (Wildman–Crippen MR) is 72.3 cm³/mol. The maximum atomic E-state index is 13.0. The van der Waals surface area contributed by atoms with E-state index in [1.54, 1.807) is 6.07 Å². The first kappa shape index (κ1) is 11.7. The summed E-state index contributed by atoms with van der Waals surface area (Å²) >= 11 is 0. The zero-order valence-electron chi connectivity index (χ0n) is 10.3. The minimum absolute atomic E-state index is 0.333. The molecule has 0 spiro atoms. The third kappa shape index (κ3) is 2.43. The molecule has 0 aromatic heterocycles. The van der Waals surface area contributed by atoms with E-state index in [1.807, 2.05) is 24.3 Å². The van der Waals surface area contributed by atoms with Crippen LogP contribution in [0.3, 0.4) is 0 Å². The summed E-state index contributed by atoms with van der Waals surface area (Å²) < 4.78 is 13.0. The second kappa shape index (κ2) is 4.74. The molecule has 1 fully saturated rings. The normalized spacial score (nSPS) is 20.6. The van der Waals surface area contributed by atoms with Crippen molar-refractivity contribution in [3.8, 4) is 6.07 Å². The minimum atomic E-state index is -0.377. The molecule has 0 heterocycles. The van der Waals surface area contributed by atoms with E-state index in [-0.39, 0.29) is 5.82 Å². The van der Waals surface area contributed by atoms with E-state index in [9.17, 15) is 4.39 Å². The number of hydrogen-bond acceptors (Lipinski definition) is 2. The molecule has 2 aromatic carbocycles. The van der Waals surface area contributed by atoms with Crippen LogP contribution in [-0.4, -0.2) is 6.04 Å². The smallest absolute Gasteiger partial charge is 0.124 e.